The molecule has 0 saturated carbocycles. The van der Waals surface area contributed by atoms with Crippen LogP contribution in [-0.4, -0.2) is 36.4 Å². The second-order valence-corrected chi connectivity index (χ2v) is 7.29. The first-order chi connectivity index (χ1) is 13.1. The van der Waals surface area contributed by atoms with Gasteiger partial charge in [0.25, 0.3) is 11.8 Å². The largest absolute Gasteiger partial charge is 0.482 e. The lowest BCUT2D eigenvalue weighted by Gasteiger charge is -2.30. The van der Waals surface area contributed by atoms with Crippen molar-refractivity contribution in [1.29, 1.82) is 0 Å². The van der Waals surface area contributed by atoms with Gasteiger partial charge in [-0.3, -0.25) is 9.59 Å². The predicted molar refractivity (Wildman–Crippen MR) is 104 cm³/mol. The minimum Gasteiger partial charge on any atom is -0.482 e. The first-order valence-corrected chi connectivity index (χ1v) is 9.54. The maximum absolute atomic E-state index is 12.6. The fourth-order valence-corrected chi connectivity index (χ4v) is 3.70. The fourth-order valence-electron chi connectivity index (χ4n) is 3.70. The molecule has 0 atom stereocenters. The Labute approximate surface area is 159 Å². The Balaban J connectivity index is 1.51. The zero-order valence-electron chi connectivity index (χ0n) is 15.6. The van der Waals surface area contributed by atoms with Crippen LogP contribution >= 0.6 is 0 Å². The summed E-state index contributed by atoms with van der Waals surface area (Å²) in [6.45, 7) is 4.22. The second-order valence-electron chi connectivity index (χ2n) is 7.29. The summed E-state index contributed by atoms with van der Waals surface area (Å²) in [5, 5.41) is 0. The number of ether oxygens (including phenoxy) is 1. The van der Waals surface area contributed by atoms with Crippen molar-refractivity contribution < 1.29 is 14.3 Å². The first-order valence-electron chi connectivity index (χ1n) is 9.54. The van der Waals surface area contributed by atoms with Gasteiger partial charge in [-0.1, -0.05) is 18.2 Å². The Morgan fingerprint density at radius 2 is 1.78 bits per heavy atom. The van der Waals surface area contributed by atoms with E-state index in [1.165, 1.54) is 6.42 Å². The van der Waals surface area contributed by atoms with Crippen LogP contribution in [-0.2, 0) is 11.3 Å². The lowest BCUT2D eigenvalue weighted by atomic mass is 10.1. The van der Waals surface area contributed by atoms with Crippen LogP contribution in [0.4, 0.5) is 5.69 Å². The van der Waals surface area contributed by atoms with Gasteiger partial charge in [-0.05, 0) is 61.6 Å². The second kappa shape index (κ2) is 7.43. The number of carbonyl (C=O) groups is 2. The zero-order valence-corrected chi connectivity index (χ0v) is 15.6. The molecule has 1 fully saturated rings. The van der Waals surface area contributed by atoms with E-state index in [0.29, 0.717) is 12.1 Å². The molecule has 2 heterocycles. The van der Waals surface area contributed by atoms with Gasteiger partial charge in [0.2, 0.25) is 0 Å². The number of fused-ring (bicyclic) bond motifs is 1. The van der Waals surface area contributed by atoms with Crippen molar-refractivity contribution in [2.75, 3.05) is 24.6 Å². The molecule has 2 aromatic carbocycles. The topological polar surface area (TPSA) is 49.9 Å². The smallest absolute Gasteiger partial charge is 0.265 e. The van der Waals surface area contributed by atoms with Crippen molar-refractivity contribution in [3.63, 3.8) is 0 Å². The Hall–Kier alpha value is -2.82. The van der Waals surface area contributed by atoms with E-state index < -0.39 is 0 Å². The van der Waals surface area contributed by atoms with E-state index in [1.54, 1.807) is 4.90 Å². The summed E-state index contributed by atoms with van der Waals surface area (Å²) >= 11 is 0. The molecule has 0 spiro atoms. The van der Waals surface area contributed by atoms with Crippen LogP contribution in [0.2, 0.25) is 0 Å². The Morgan fingerprint density at radius 3 is 2.52 bits per heavy atom. The van der Waals surface area contributed by atoms with Crippen molar-refractivity contribution in [2.45, 2.75) is 32.7 Å². The molecule has 0 unspecified atom stereocenters. The van der Waals surface area contributed by atoms with E-state index in [-0.39, 0.29) is 18.4 Å². The molecule has 2 aromatic rings. The Bertz CT molecular complexity index is 854. The van der Waals surface area contributed by atoms with Gasteiger partial charge in [0, 0.05) is 18.7 Å². The van der Waals surface area contributed by atoms with E-state index in [4.69, 9.17) is 4.74 Å². The number of anilines is 1. The highest BCUT2D eigenvalue weighted by Gasteiger charge is 2.26. The van der Waals surface area contributed by atoms with Crippen molar-refractivity contribution in [2.24, 2.45) is 0 Å². The standard InChI is InChI=1S/C22H24N2O3/c1-16-5-10-20-19(13-16)24(21(25)15-27-20)14-17-6-8-18(9-7-17)22(26)23-11-3-2-4-12-23/h5-10,13H,2-4,11-12,14-15H2,1H3. The third kappa shape index (κ3) is 3.68. The number of carbonyl (C=O) groups excluding carboxylic acids is 2. The Kier molecular flexibility index (Phi) is 4.84. The number of aryl methyl sites for hydroxylation is 1. The van der Waals surface area contributed by atoms with Crippen LogP contribution in [0.3, 0.4) is 0 Å². The monoisotopic (exact) mass is 364 g/mol. The number of likely N-dealkylation sites (tertiary alicyclic amines) is 1. The molecule has 4 rings (SSSR count). The third-order valence-corrected chi connectivity index (χ3v) is 5.24. The van der Waals surface area contributed by atoms with E-state index in [1.807, 2.05) is 54.3 Å². The molecule has 1 saturated heterocycles. The van der Waals surface area contributed by atoms with Crippen molar-refractivity contribution >= 4 is 17.5 Å². The summed E-state index contributed by atoms with van der Waals surface area (Å²) in [5.74, 6) is 0.781. The maximum Gasteiger partial charge on any atom is 0.265 e. The average Bonchev–Trinajstić information content (AvgIpc) is 2.71. The molecule has 5 heteroatoms. The molecule has 5 nitrogen and oxygen atoms in total. The summed E-state index contributed by atoms with van der Waals surface area (Å²) in [7, 11) is 0. The van der Waals surface area contributed by atoms with E-state index in [2.05, 4.69) is 0 Å². The normalized spacial score (nSPS) is 16.7. The number of hydrogen-bond donors (Lipinski definition) is 0. The molecule has 140 valence electrons. The van der Waals surface area contributed by atoms with Gasteiger partial charge in [0.15, 0.2) is 6.61 Å². The molecule has 2 amide bonds. The zero-order chi connectivity index (χ0) is 18.8. The lowest BCUT2D eigenvalue weighted by Crippen LogP contribution is -2.38. The highest BCUT2D eigenvalue weighted by Crippen LogP contribution is 2.33. The maximum atomic E-state index is 12.6. The predicted octanol–water partition coefficient (Wildman–Crippen LogP) is 3.55. The van der Waals surface area contributed by atoms with Crippen LogP contribution in [0.1, 0.15) is 40.7 Å². The van der Waals surface area contributed by atoms with Crippen LogP contribution in [0.25, 0.3) is 0 Å². The van der Waals surface area contributed by atoms with Crippen LogP contribution in [0.15, 0.2) is 42.5 Å². The summed E-state index contributed by atoms with van der Waals surface area (Å²) < 4.78 is 5.54. The average molecular weight is 364 g/mol. The van der Waals surface area contributed by atoms with Crippen LogP contribution < -0.4 is 9.64 Å². The summed E-state index contributed by atoms with van der Waals surface area (Å²) in [6.07, 6.45) is 3.38. The number of nitrogens with zero attached hydrogens (tertiary/aromatic N) is 2. The first kappa shape index (κ1) is 17.6. The van der Waals surface area contributed by atoms with Crippen molar-refractivity contribution in [1.82, 2.24) is 4.90 Å². The SMILES string of the molecule is Cc1ccc2c(c1)N(Cc1ccc(C(=O)N3CCCCC3)cc1)C(=O)CO2. The van der Waals surface area contributed by atoms with Gasteiger partial charge in [-0.15, -0.1) is 0 Å². The molecule has 0 radical (unpaired) electrons. The Morgan fingerprint density at radius 1 is 1.04 bits per heavy atom. The third-order valence-electron chi connectivity index (χ3n) is 5.24. The molecule has 2 aliphatic rings. The molecule has 0 aromatic heterocycles. The van der Waals surface area contributed by atoms with Gasteiger partial charge < -0.3 is 14.5 Å². The summed E-state index contributed by atoms with van der Waals surface area (Å²) in [5.41, 5.74) is 3.59. The number of rotatable bonds is 3. The van der Waals surface area contributed by atoms with Gasteiger partial charge in [0.05, 0.1) is 12.2 Å². The van der Waals surface area contributed by atoms with E-state index >= 15 is 0 Å². The molecule has 0 N–H and O–H groups in total. The van der Waals surface area contributed by atoms with Gasteiger partial charge in [-0.25, -0.2) is 0 Å². The van der Waals surface area contributed by atoms with Gasteiger partial charge in [0.1, 0.15) is 5.75 Å². The summed E-state index contributed by atoms with van der Waals surface area (Å²) in [6, 6.07) is 13.5. The number of amides is 2. The fraction of sp³-hybridized carbons (Fsp3) is 0.364. The molecular formula is C22H24N2O3. The number of hydrogen-bond acceptors (Lipinski definition) is 3. The number of benzene rings is 2. The van der Waals surface area contributed by atoms with E-state index in [9.17, 15) is 9.59 Å². The molecule has 0 aliphatic carbocycles. The molecule has 27 heavy (non-hydrogen) atoms. The highest BCUT2D eigenvalue weighted by atomic mass is 16.5. The quantitative estimate of drug-likeness (QED) is 0.837. The molecular weight excluding hydrogens is 340 g/mol. The minimum absolute atomic E-state index is 0.0541. The minimum atomic E-state index is -0.0541. The summed E-state index contributed by atoms with van der Waals surface area (Å²) in [4.78, 5) is 28.7. The lowest BCUT2D eigenvalue weighted by molar-refractivity contribution is -0.121. The van der Waals surface area contributed by atoms with E-state index in [0.717, 1.165) is 48.5 Å². The molecule has 0 bridgehead atoms. The van der Waals surface area contributed by atoms with Crippen LogP contribution in [0.5, 0.6) is 5.75 Å². The van der Waals surface area contributed by atoms with Gasteiger partial charge >= 0.3 is 0 Å². The van der Waals surface area contributed by atoms with Crippen molar-refractivity contribution in [3.05, 3.63) is 59.2 Å². The van der Waals surface area contributed by atoms with Gasteiger partial charge in [-0.2, -0.15) is 0 Å². The van der Waals surface area contributed by atoms with Crippen LogP contribution in [0, 0.1) is 6.92 Å². The number of piperidine rings is 1. The van der Waals surface area contributed by atoms with Crippen molar-refractivity contribution in [3.8, 4) is 5.75 Å². The highest BCUT2D eigenvalue weighted by molar-refractivity contribution is 5.98. The molecule has 2 aliphatic heterocycles.